The summed E-state index contributed by atoms with van der Waals surface area (Å²) < 4.78 is 0. The maximum Gasteiger partial charge on any atom is 0.0801 e. The average Bonchev–Trinajstić information content (AvgIpc) is 3.48. The predicted molar refractivity (Wildman–Crippen MR) is 142 cm³/mol. The summed E-state index contributed by atoms with van der Waals surface area (Å²) in [6.45, 7) is 0. The zero-order valence-electron chi connectivity index (χ0n) is 18.3. The van der Waals surface area contributed by atoms with E-state index in [1.54, 1.807) is 0 Å². The number of rotatable bonds is 0. The molecule has 0 bridgehead atoms. The second kappa shape index (κ2) is 7.42. The third-order valence-corrected chi connectivity index (χ3v) is 6.48. The van der Waals surface area contributed by atoms with Crippen LogP contribution in [0.1, 0.15) is 0 Å². The molecule has 0 unspecified atom stereocenters. The van der Waals surface area contributed by atoms with Crippen molar-refractivity contribution in [2.45, 2.75) is 0 Å². The van der Waals surface area contributed by atoms with Crippen LogP contribution >= 0.6 is 0 Å². The van der Waals surface area contributed by atoms with Crippen molar-refractivity contribution in [3.05, 3.63) is 109 Å². The number of benzene rings is 4. The first-order valence-corrected chi connectivity index (χ1v) is 11.4. The zero-order valence-corrected chi connectivity index (χ0v) is 18.3. The summed E-state index contributed by atoms with van der Waals surface area (Å²) in [6, 6.07) is 33.3. The molecule has 8 aromatic rings. The monoisotopic (exact) mass is 436 g/mol. The summed E-state index contributed by atoms with van der Waals surface area (Å²) in [6.07, 6.45) is 3.70. The highest BCUT2D eigenvalue weighted by molar-refractivity contribution is 6.19. The summed E-state index contributed by atoms with van der Waals surface area (Å²) in [5, 5.41) is 7.30. The van der Waals surface area contributed by atoms with E-state index >= 15 is 0 Å². The van der Waals surface area contributed by atoms with E-state index in [1.807, 2.05) is 36.7 Å². The highest BCUT2D eigenvalue weighted by Crippen LogP contribution is 2.31. The normalized spacial score (nSPS) is 11.5. The average molecular weight is 437 g/mol. The van der Waals surface area contributed by atoms with Gasteiger partial charge in [0.1, 0.15) is 0 Å². The number of H-pyrrole nitrogens is 2. The van der Waals surface area contributed by atoms with Gasteiger partial charge in [0.25, 0.3) is 0 Å². The Hall–Kier alpha value is -4.70. The van der Waals surface area contributed by atoms with Crippen LogP contribution in [0.25, 0.3) is 65.4 Å². The molecule has 0 aliphatic carbocycles. The molecule has 160 valence electrons. The third-order valence-electron chi connectivity index (χ3n) is 6.48. The van der Waals surface area contributed by atoms with E-state index in [4.69, 9.17) is 0 Å². The van der Waals surface area contributed by atoms with Crippen molar-refractivity contribution in [3.8, 4) is 0 Å². The third kappa shape index (κ3) is 2.86. The summed E-state index contributed by atoms with van der Waals surface area (Å²) in [4.78, 5) is 15.9. The quantitative estimate of drug-likeness (QED) is 0.255. The lowest BCUT2D eigenvalue weighted by Crippen LogP contribution is -1.78. The molecule has 0 saturated heterocycles. The molecule has 0 aliphatic heterocycles. The maximum absolute atomic E-state index is 4.51. The van der Waals surface area contributed by atoms with Gasteiger partial charge in [-0.05, 0) is 36.4 Å². The van der Waals surface area contributed by atoms with Crippen molar-refractivity contribution in [2.75, 3.05) is 0 Å². The van der Waals surface area contributed by atoms with Crippen LogP contribution in [-0.4, -0.2) is 19.9 Å². The number of pyridine rings is 2. The van der Waals surface area contributed by atoms with Gasteiger partial charge in [0.15, 0.2) is 0 Å². The lowest BCUT2D eigenvalue weighted by atomic mass is 10.1. The van der Waals surface area contributed by atoms with Gasteiger partial charge >= 0.3 is 0 Å². The standard InChI is InChI=1S/2C15H10N2/c2*1-2-6-12-11(5-1)14-13(17-12)8-7-10-4-3-9-16-15(10)14/h2*1-9,17H. The Balaban J connectivity index is 0.000000118. The first-order chi connectivity index (χ1) is 16.9. The van der Waals surface area contributed by atoms with E-state index in [-0.39, 0.29) is 0 Å². The molecule has 4 heterocycles. The SMILES string of the molecule is c1cnc2c(c1)ccc1[nH]c3ccccc3c12.c1cnc2c(c1)ccc1[nH]c3ccccc3c12. The van der Waals surface area contributed by atoms with Crippen molar-refractivity contribution in [1.29, 1.82) is 0 Å². The van der Waals surface area contributed by atoms with Gasteiger partial charge in [-0.25, -0.2) is 0 Å². The minimum absolute atomic E-state index is 1.07. The van der Waals surface area contributed by atoms with Gasteiger partial charge in [-0.2, -0.15) is 0 Å². The molecule has 0 fully saturated rings. The maximum atomic E-state index is 4.51. The molecule has 0 spiro atoms. The van der Waals surface area contributed by atoms with Crippen molar-refractivity contribution < 1.29 is 0 Å². The van der Waals surface area contributed by atoms with Crippen LogP contribution < -0.4 is 0 Å². The fourth-order valence-electron chi connectivity index (χ4n) is 4.95. The first-order valence-electron chi connectivity index (χ1n) is 11.4. The van der Waals surface area contributed by atoms with Crippen molar-refractivity contribution >= 4 is 65.4 Å². The van der Waals surface area contributed by atoms with Crippen LogP contribution in [0.3, 0.4) is 0 Å². The molecule has 4 heteroatoms. The van der Waals surface area contributed by atoms with Gasteiger partial charge in [-0.15, -0.1) is 0 Å². The van der Waals surface area contributed by atoms with E-state index < -0.39 is 0 Å². The fraction of sp³-hybridized carbons (Fsp3) is 0. The van der Waals surface area contributed by atoms with Crippen molar-refractivity contribution in [3.63, 3.8) is 0 Å². The molecule has 4 aromatic carbocycles. The van der Waals surface area contributed by atoms with Crippen LogP contribution in [-0.2, 0) is 0 Å². The number of para-hydroxylation sites is 2. The Morgan fingerprint density at radius 2 is 0.882 bits per heavy atom. The molecular formula is C30H20N4. The Labute approximate surface area is 194 Å². The van der Waals surface area contributed by atoms with Gasteiger partial charge < -0.3 is 9.97 Å². The topological polar surface area (TPSA) is 57.4 Å². The Bertz CT molecular complexity index is 1820. The molecule has 4 aromatic heterocycles. The van der Waals surface area contributed by atoms with Crippen molar-refractivity contribution in [2.24, 2.45) is 0 Å². The second-order valence-electron chi connectivity index (χ2n) is 8.47. The predicted octanol–water partition coefficient (Wildman–Crippen LogP) is 7.74. The smallest absolute Gasteiger partial charge is 0.0801 e. The second-order valence-corrected chi connectivity index (χ2v) is 8.47. The van der Waals surface area contributed by atoms with E-state index in [1.165, 1.54) is 43.4 Å². The van der Waals surface area contributed by atoms with Crippen LogP contribution in [0.2, 0.25) is 0 Å². The van der Waals surface area contributed by atoms with Gasteiger partial charge in [0.05, 0.1) is 11.0 Å². The zero-order chi connectivity index (χ0) is 22.5. The fourth-order valence-corrected chi connectivity index (χ4v) is 4.95. The molecule has 34 heavy (non-hydrogen) atoms. The lowest BCUT2D eigenvalue weighted by Gasteiger charge is -1.98. The van der Waals surface area contributed by atoms with Crippen molar-refractivity contribution in [1.82, 2.24) is 19.9 Å². The molecule has 4 nitrogen and oxygen atoms in total. The molecule has 8 rings (SSSR count). The minimum atomic E-state index is 1.07. The molecule has 0 aliphatic rings. The van der Waals surface area contributed by atoms with E-state index in [0.29, 0.717) is 0 Å². The van der Waals surface area contributed by atoms with Crippen LogP contribution in [0.4, 0.5) is 0 Å². The van der Waals surface area contributed by atoms with E-state index in [9.17, 15) is 0 Å². The number of hydrogen-bond donors (Lipinski definition) is 2. The summed E-state index contributed by atoms with van der Waals surface area (Å²) in [5.41, 5.74) is 6.78. The number of aromatic nitrogens is 4. The number of aromatic amines is 2. The highest BCUT2D eigenvalue weighted by Gasteiger charge is 2.08. The number of hydrogen-bond acceptors (Lipinski definition) is 2. The molecular weight excluding hydrogens is 416 g/mol. The van der Waals surface area contributed by atoms with Crippen LogP contribution in [0, 0.1) is 0 Å². The summed E-state index contributed by atoms with van der Waals surface area (Å²) in [5.74, 6) is 0. The first kappa shape index (κ1) is 18.8. The van der Waals surface area contributed by atoms with E-state index in [2.05, 4.69) is 92.7 Å². The highest BCUT2D eigenvalue weighted by atomic mass is 14.7. The Morgan fingerprint density at radius 3 is 1.38 bits per heavy atom. The Morgan fingerprint density at radius 1 is 0.412 bits per heavy atom. The largest absolute Gasteiger partial charge is 0.354 e. The van der Waals surface area contributed by atoms with E-state index in [0.717, 1.165) is 22.1 Å². The summed E-state index contributed by atoms with van der Waals surface area (Å²) >= 11 is 0. The Kier molecular flexibility index (Phi) is 4.11. The minimum Gasteiger partial charge on any atom is -0.354 e. The number of nitrogens with zero attached hydrogens (tertiary/aromatic N) is 2. The van der Waals surface area contributed by atoms with Gasteiger partial charge in [0, 0.05) is 66.8 Å². The molecule has 2 N–H and O–H groups in total. The van der Waals surface area contributed by atoms with Crippen LogP contribution in [0.5, 0.6) is 0 Å². The summed E-state index contributed by atoms with van der Waals surface area (Å²) in [7, 11) is 0. The van der Waals surface area contributed by atoms with Gasteiger partial charge in [-0.1, -0.05) is 60.7 Å². The number of fused-ring (bicyclic) bond motifs is 10. The van der Waals surface area contributed by atoms with Crippen LogP contribution in [0.15, 0.2) is 109 Å². The van der Waals surface area contributed by atoms with Gasteiger partial charge in [0.2, 0.25) is 0 Å². The molecule has 0 radical (unpaired) electrons. The number of nitrogens with one attached hydrogen (secondary N) is 2. The molecule has 0 saturated carbocycles. The molecule has 0 amide bonds. The van der Waals surface area contributed by atoms with Gasteiger partial charge in [-0.3, -0.25) is 9.97 Å². The molecule has 0 atom stereocenters. The lowest BCUT2D eigenvalue weighted by molar-refractivity contribution is 1.43.